The smallest absolute Gasteiger partial charge is 0.239 e. The van der Waals surface area contributed by atoms with Crippen molar-refractivity contribution in [2.24, 2.45) is 0 Å². The maximum absolute atomic E-state index is 11.2. The molecule has 0 radical (unpaired) electrons. The number of amides is 2. The first-order chi connectivity index (χ1) is 5.61. The highest BCUT2D eigenvalue weighted by Gasteiger charge is 2.21. The average molecular weight is 280 g/mol. The number of carbonyl (C=O) groups is 2. The molecule has 1 fully saturated rings. The van der Waals surface area contributed by atoms with Crippen molar-refractivity contribution < 1.29 is 9.59 Å². The van der Waals surface area contributed by atoms with Crippen molar-refractivity contribution >= 4 is 42.7 Å². The van der Waals surface area contributed by atoms with E-state index < -0.39 is 0 Å². The predicted octanol–water partition coefficient (Wildman–Crippen LogP) is -0.664. The van der Waals surface area contributed by atoms with Gasteiger partial charge in [-0.15, -0.1) is 0 Å². The number of halogens is 1. The Morgan fingerprint density at radius 3 is 2.00 bits per heavy atom. The second-order valence-corrected chi connectivity index (χ2v) is 3.84. The van der Waals surface area contributed by atoms with E-state index in [0.717, 1.165) is 13.1 Å². The van der Waals surface area contributed by atoms with Crippen molar-refractivity contribution in [2.75, 3.05) is 13.1 Å². The molecule has 1 aliphatic heterocycles. The summed E-state index contributed by atoms with van der Waals surface area (Å²) in [6.45, 7) is 1.48. The third-order valence-electron chi connectivity index (χ3n) is 1.85. The SMILES string of the molecule is BN1CCC(=O)N(I)C(=O)CC1. The van der Waals surface area contributed by atoms with Gasteiger partial charge < -0.3 is 4.81 Å². The first-order valence-corrected chi connectivity index (χ1v) is 4.78. The molecule has 6 heteroatoms. The summed E-state index contributed by atoms with van der Waals surface area (Å²) >= 11 is 1.77. The second-order valence-electron chi connectivity index (χ2n) is 2.87. The fraction of sp³-hybridized carbons (Fsp3) is 0.667. The highest BCUT2D eigenvalue weighted by atomic mass is 127. The van der Waals surface area contributed by atoms with Crippen molar-refractivity contribution in [3.8, 4) is 0 Å². The molecule has 2 amide bonds. The molecular weight excluding hydrogens is 270 g/mol. The number of hydrogen-bond acceptors (Lipinski definition) is 3. The Balaban J connectivity index is 2.60. The summed E-state index contributed by atoms with van der Waals surface area (Å²) in [5.41, 5.74) is 0. The highest BCUT2D eigenvalue weighted by Crippen LogP contribution is 2.09. The molecule has 0 unspecified atom stereocenters. The Kier molecular flexibility index (Phi) is 3.51. The van der Waals surface area contributed by atoms with E-state index in [4.69, 9.17) is 0 Å². The molecular formula is C6H10BIN2O2. The molecule has 1 heterocycles. The number of hydrogen-bond donors (Lipinski definition) is 0. The van der Waals surface area contributed by atoms with Crippen LogP contribution in [0.4, 0.5) is 0 Å². The molecule has 66 valence electrons. The minimum atomic E-state index is -0.0906. The molecule has 1 rings (SSSR count). The lowest BCUT2D eigenvalue weighted by Gasteiger charge is -2.22. The predicted molar refractivity (Wildman–Crippen MR) is 55.2 cm³/mol. The van der Waals surface area contributed by atoms with Crippen molar-refractivity contribution in [3.63, 3.8) is 0 Å². The van der Waals surface area contributed by atoms with Crippen LogP contribution in [0.1, 0.15) is 12.8 Å². The van der Waals surface area contributed by atoms with Crippen LogP contribution in [-0.2, 0) is 9.59 Å². The standard InChI is InChI=1S/C6H10BIN2O2/c7-9-3-1-5(11)10(8)6(12)2-4-9/h1-4,7H2. The third kappa shape index (κ3) is 2.44. The third-order valence-corrected chi connectivity index (χ3v) is 2.93. The number of rotatable bonds is 0. The Morgan fingerprint density at radius 2 is 1.58 bits per heavy atom. The first-order valence-electron chi connectivity index (χ1n) is 3.81. The summed E-state index contributed by atoms with van der Waals surface area (Å²) in [4.78, 5) is 24.4. The van der Waals surface area contributed by atoms with E-state index in [1.54, 1.807) is 22.9 Å². The van der Waals surface area contributed by atoms with E-state index in [2.05, 4.69) is 0 Å². The van der Waals surface area contributed by atoms with Gasteiger partial charge in [0.25, 0.3) is 0 Å². The van der Waals surface area contributed by atoms with Gasteiger partial charge in [0.2, 0.25) is 11.8 Å². The molecule has 4 nitrogen and oxygen atoms in total. The molecule has 1 aliphatic rings. The molecule has 0 spiro atoms. The van der Waals surface area contributed by atoms with Crippen molar-refractivity contribution in [2.45, 2.75) is 12.8 Å². The molecule has 0 bridgehead atoms. The van der Waals surface area contributed by atoms with Crippen LogP contribution in [0, 0.1) is 0 Å². The van der Waals surface area contributed by atoms with Crippen LogP contribution in [-0.4, -0.2) is 40.8 Å². The topological polar surface area (TPSA) is 40.6 Å². The Bertz CT molecular complexity index is 192. The van der Waals surface area contributed by atoms with E-state index >= 15 is 0 Å². The number of nitrogens with zero attached hydrogens (tertiary/aromatic N) is 2. The van der Waals surface area contributed by atoms with Gasteiger partial charge in [-0.25, -0.2) is 3.11 Å². The van der Waals surface area contributed by atoms with Crippen LogP contribution >= 0.6 is 22.9 Å². The monoisotopic (exact) mass is 280 g/mol. The highest BCUT2D eigenvalue weighted by molar-refractivity contribution is 14.1. The molecule has 0 atom stereocenters. The van der Waals surface area contributed by atoms with Gasteiger partial charge in [0.15, 0.2) is 7.98 Å². The largest absolute Gasteiger partial charge is 0.348 e. The van der Waals surface area contributed by atoms with E-state index in [1.807, 2.05) is 12.8 Å². The Morgan fingerprint density at radius 1 is 1.17 bits per heavy atom. The van der Waals surface area contributed by atoms with E-state index in [-0.39, 0.29) is 11.8 Å². The minimum absolute atomic E-state index is 0.0906. The van der Waals surface area contributed by atoms with Crippen LogP contribution < -0.4 is 0 Å². The molecule has 0 aliphatic carbocycles. The first kappa shape index (κ1) is 9.98. The van der Waals surface area contributed by atoms with Crippen LogP contribution in [0.25, 0.3) is 0 Å². The number of imide groups is 1. The minimum Gasteiger partial charge on any atom is -0.348 e. The van der Waals surface area contributed by atoms with E-state index in [9.17, 15) is 9.59 Å². The fourth-order valence-electron chi connectivity index (χ4n) is 1.02. The summed E-state index contributed by atoms with van der Waals surface area (Å²) < 4.78 is 1.20. The lowest BCUT2D eigenvalue weighted by atomic mass is 10.2. The van der Waals surface area contributed by atoms with Gasteiger partial charge in [-0.2, -0.15) is 0 Å². The van der Waals surface area contributed by atoms with Gasteiger partial charge >= 0.3 is 0 Å². The van der Waals surface area contributed by atoms with Gasteiger partial charge in [0, 0.05) is 12.8 Å². The zero-order valence-electron chi connectivity index (χ0n) is 6.92. The van der Waals surface area contributed by atoms with Crippen molar-refractivity contribution in [1.29, 1.82) is 0 Å². The molecule has 0 N–H and O–H groups in total. The van der Waals surface area contributed by atoms with Crippen molar-refractivity contribution in [1.82, 2.24) is 7.92 Å². The Labute approximate surface area is 86.2 Å². The second kappa shape index (κ2) is 4.22. The Hall–Kier alpha value is -0.105. The zero-order valence-corrected chi connectivity index (χ0v) is 9.07. The van der Waals surface area contributed by atoms with Crippen LogP contribution in [0.15, 0.2) is 0 Å². The summed E-state index contributed by atoms with van der Waals surface area (Å²) in [7, 11) is 1.92. The maximum atomic E-state index is 11.2. The molecule has 0 aromatic rings. The molecule has 12 heavy (non-hydrogen) atoms. The molecule has 0 aromatic carbocycles. The van der Waals surface area contributed by atoms with Crippen LogP contribution in [0.5, 0.6) is 0 Å². The van der Waals surface area contributed by atoms with Gasteiger partial charge in [-0.1, -0.05) is 0 Å². The lowest BCUT2D eigenvalue weighted by Crippen LogP contribution is -2.37. The zero-order chi connectivity index (χ0) is 9.14. The van der Waals surface area contributed by atoms with Gasteiger partial charge in [-0.05, 0) is 13.1 Å². The van der Waals surface area contributed by atoms with E-state index in [1.165, 1.54) is 3.11 Å². The van der Waals surface area contributed by atoms with Gasteiger partial charge in [0.1, 0.15) is 0 Å². The van der Waals surface area contributed by atoms with Gasteiger partial charge in [-0.3, -0.25) is 9.59 Å². The molecule has 1 saturated heterocycles. The normalized spacial score (nSPS) is 22.2. The van der Waals surface area contributed by atoms with Crippen LogP contribution in [0.2, 0.25) is 0 Å². The fourth-order valence-corrected chi connectivity index (χ4v) is 1.50. The average Bonchev–Trinajstić information content (AvgIpc) is 2.07. The van der Waals surface area contributed by atoms with Gasteiger partial charge in [0.05, 0.1) is 22.9 Å². The lowest BCUT2D eigenvalue weighted by molar-refractivity contribution is -0.137. The quantitative estimate of drug-likeness (QED) is 0.256. The maximum Gasteiger partial charge on any atom is 0.239 e. The summed E-state index contributed by atoms with van der Waals surface area (Å²) in [5.74, 6) is -0.181. The van der Waals surface area contributed by atoms with Crippen molar-refractivity contribution in [3.05, 3.63) is 0 Å². The summed E-state index contributed by atoms with van der Waals surface area (Å²) in [6.07, 6.45) is 0.871. The van der Waals surface area contributed by atoms with Crippen LogP contribution in [0.3, 0.4) is 0 Å². The molecule has 0 saturated carbocycles. The summed E-state index contributed by atoms with van der Waals surface area (Å²) in [5, 5.41) is 0. The van der Waals surface area contributed by atoms with E-state index in [0.29, 0.717) is 12.8 Å². The molecule has 0 aromatic heterocycles. The summed E-state index contributed by atoms with van der Waals surface area (Å²) in [6, 6.07) is 0. The number of carbonyl (C=O) groups excluding carboxylic acids is 2.